The molecule has 0 spiro atoms. The van der Waals surface area contributed by atoms with Crippen LogP contribution >= 0.6 is 22.9 Å². The van der Waals surface area contributed by atoms with Crippen LogP contribution in [0, 0.1) is 0 Å². The van der Waals surface area contributed by atoms with Crippen LogP contribution in [0.4, 0.5) is 10.8 Å². The minimum atomic E-state index is -0.372. The van der Waals surface area contributed by atoms with Gasteiger partial charge >= 0.3 is 0 Å². The third-order valence-electron chi connectivity index (χ3n) is 4.08. The number of nitrogens with zero attached hydrogens (tertiary/aromatic N) is 3. The van der Waals surface area contributed by atoms with Gasteiger partial charge in [0.25, 0.3) is 5.91 Å². The van der Waals surface area contributed by atoms with Gasteiger partial charge < -0.3 is 4.74 Å². The number of halogens is 1. The number of carbonyl (C=O) groups is 2. The Morgan fingerprint density at radius 1 is 1.21 bits per heavy atom. The Hall–Kier alpha value is -2.97. The lowest BCUT2D eigenvalue weighted by Gasteiger charge is -2.28. The third kappa shape index (κ3) is 4.13. The summed E-state index contributed by atoms with van der Waals surface area (Å²) in [6, 6.07) is 14.8. The van der Waals surface area contributed by atoms with Gasteiger partial charge in [0, 0.05) is 11.4 Å². The number of benzene rings is 2. The van der Waals surface area contributed by atoms with Crippen molar-refractivity contribution in [2.24, 2.45) is 0 Å². The van der Waals surface area contributed by atoms with Crippen molar-refractivity contribution in [2.75, 3.05) is 23.4 Å². The van der Waals surface area contributed by atoms with Crippen LogP contribution in [-0.4, -0.2) is 35.2 Å². The fraction of sp³-hybridized carbons (Fsp3) is 0.158. The van der Waals surface area contributed by atoms with Crippen LogP contribution in [0.25, 0.3) is 0 Å². The Bertz CT molecular complexity index is 1030. The second-order valence-electron chi connectivity index (χ2n) is 6.09. The Kier molecular flexibility index (Phi) is 5.23. The zero-order valence-electron chi connectivity index (χ0n) is 14.6. The maximum atomic E-state index is 12.4. The molecule has 142 valence electrons. The summed E-state index contributed by atoms with van der Waals surface area (Å²) >= 11 is 7.32. The van der Waals surface area contributed by atoms with Gasteiger partial charge in [-0.25, -0.2) is 0 Å². The van der Waals surface area contributed by atoms with Crippen molar-refractivity contribution >= 4 is 45.6 Å². The van der Waals surface area contributed by atoms with E-state index in [2.05, 4.69) is 15.5 Å². The first-order valence-corrected chi connectivity index (χ1v) is 9.67. The van der Waals surface area contributed by atoms with E-state index in [-0.39, 0.29) is 25.0 Å². The average molecular weight is 415 g/mol. The highest BCUT2D eigenvalue weighted by molar-refractivity contribution is 7.15. The van der Waals surface area contributed by atoms with E-state index in [1.165, 1.54) is 16.2 Å². The summed E-state index contributed by atoms with van der Waals surface area (Å²) in [5.74, 6) is -0.173. The number of aromatic nitrogens is 2. The molecule has 1 aliphatic rings. The Morgan fingerprint density at radius 3 is 2.86 bits per heavy atom. The highest BCUT2D eigenvalue weighted by Gasteiger charge is 2.27. The van der Waals surface area contributed by atoms with Gasteiger partial charge in [0.15, 0.2) is 6.61 Å². The molecule has 4 rings (SSSR count). The monoisotopic (exact) mass is 414 g/mol. The predicted octanol–water partition coefficient (Wildman–Crippen LogP) is 3.15. The molecule has 1 N–H and O–H groups in total. The molecule has 7 nitrogen and oxygen atoms in total. The number of anilines is 2. The van der Waals surface area contributed by atoms with Crippen molar-refractivity contribution in [3.8, 4) is 5.75 Å². The lowest BCUT2D eigenvalue weighted by atomic mass is 10.2. The number of amides is 2. The second-order valence-corrected chi connectivity index (χ2v) is 7.59. The highest BCUT2D eigenvalue weighted by atomic mass is 35.5. The SMILES string of the molecule is O=C(CN1C(=O)COc2ccc(Cl)cc21)Nc1nnc(Cc2ccccc2)s1. The molecular weight excluding hydrogens is 400 g/mol. The Labute approximate surface area is 169 Å². The zero-order chi connectivity index (χ0) is 19.5. The van der Waals surface area contributed by atoms with Gasteiger partial charge in [-0.3, -0.25) is 19.8 Å². The summed E-state index contributed by atoms with van der Waals surface area (Å²) in [6.07, 6.45) is 0.641. The van der Waals surface area contributed by atoms with Crippen LogP contribution in [0.2, 0.25) is 5.02 Å². The molecule has 0 bridgehead atoms. The summed E-state index contributed by atoms with van der Waals surface area (Å²) in [5.41, 5.74) is 1.59. The van der Waals surface area contributed by atoms with Gasteiger partial charge in [0.1, 0.15) is 17.3 Å². The van der Waals surface area contributed by atoms with E-state index in [9.17, 15) is 9.59 Å². The molecule has 0 radical (unpaired) electrons. The maximum absolute atomic E-state index is 12.4. The lowest BCUT2D eigenvalue weighted by molar-refractivity contribution is -0.123. The van der Waals surface area contributed by atoms with E-state index >= 15 is 0 Å². The Balaban J connectivity index is 1.43. The standard InChI is InChI=1S/C19H15ClN4O3S/c20-13-6-7-15-14(9-13)24(18(26)11-27-15)10-16(25)21-19-23-22-17(28-19)8-12-4-2-1-3-5-12/h1-7,9H,8,10-11H2,(H,21,23,25). The third-order valence-corrected chi connectivity index (χ3v) is 5.15. The molecule has 0 atom stereocenters. The van der Waals surface area contributed by atoms with Crippen LogP contribution in [0.1, 0.15) is 10.6 Å². The minimum absolute atomic E-state index is 0.123. The van der Waals surface area contributed by atoms with E-state index in [1.54, 1.807) is 18.2 Å². The second kappa shape index (κ2) is 7.95. The minimum Gasteiger partial charge on any atom is -0.482 e. The quantitative estimate of drug-likeness (QED) is 0.693. The molecule has 0 unspecified atom stereocenters. The number of hydrogen-bond acceptors (Lipinski definition) is 6. The maximum Gasteiger partial charge on any atom is 0.265 e. The normalized spacial score (nSPS) is 13.0. The fourth-order valence-electron chi connectivity index (χ4n) is 2.80. The molecule has 1 aliphatic heterocycles. The number of ether oxygens (including phenoxy) is 1. The molecule has 2 aromatic carbocycles. The van der Waals surface area contributed by atoms with Crippen LogP contribution in [-0.2, 0) is 16.0 Å². The van der Waals surface area contributed by atoms with Crippen molar-refractivity contribution in [2.45, 2.75) is 6.42 Å². The summed E-state index contributed by atoms with van der Waals surface area (Å²) in [5, 5.41) is 12.5. The molecule has 0 fully saturated rings. The van der Waals surface area contributed by atoms with E-state index in [4.69, 9.17) is 16.3 Å². The Morgan fingerprint density at radius 2 is 2.04 bits per heavy atom. The van der Waals surface area contributed by atoms with Crippen molar-refractivity contribution in [1.82, 2.24) is 10.2 Å². The molecule has 0 saturated carbocycles. The lowest BCUT2D eigenvalue weighted by Crippen LogP contribution is -2.43. The number of nitrogens with one attached hydrogen (secondary N) is 1. The largest absolute Gasteiger partial charge is 0.482 e. The van der Waals surface area contributed by atoms with Crippen molar-refractivity contribution in [1.29, 1.82) is 0 Å². The van der Waals surface area contributed by atoms with Gasteiger partial charge in [0.2, 0.25) is 11.0 Å². The highest BCUT2D eigenvalue weighted by Crippen LogP contribution is 2.34. The van der Waals surface area contributed by atoms with Crippen molar-refractivity contribution in [3.63, 3.8) is 0 Å². The summed E-state index contributed by atoms with van der Waals surface area (Å²) in [4.78, 5) is 26.0. The topological polar surface area (TPSA) is 84.4 Å². The molecule has 2 amide bonds. The van der Waals surface area contributed by atoms with E-state index in [0.717, 1.165) is 10.6 Å². The summed E-state index contributed by atoms with van der Waals surface area (Å²) in [6.45, 7) is -0.287. The summed E-state index contributed by atoms with van der Waals surface area (Å²) < 4.78 is 5.38. The molecule has 0 saturated heterocycles. The molecule has 0 aliphatic carbocycles. The molecule has 2 heterocycles. The van der Waals surface area contributed by atoms with Crippen molar-refractivity contribution < 1.29 is 14.3 Å². The molecular formula is C19H15ClN4O3S. The van der Waals surface area contributed by atoms with Gasteiger partial charge in [-0.1, -0.05) is 53.3 Å². The summed E-state index contributed by atoms with van der Waals surface area (Å²) in [7, 11) is 0. The molecule has 3 aromatic rings. The van der Waals surface area contributed by atoms with Crippen LogP contribution in [0.15, 0.2) is 48.5 Å². The number of fused-ring (bicyclic) bond motifs is 1. The first-order valence-electron chi connectivity index (χ1n) is 8.47. The van der Waals surface area contributed by atoms with Crippen LogP contribution < -0.4 is 15.0 Å². The van der Waals surface area contributed by atoms with Crippen LogP contribution in [0.5, 0.6) is 5.75 Å². The smallest absolute Gasteiger partial charge is 0.265 e. The van der Waals surface area contributed by atoms with Crippen LogP contribution in [0.3, 0.4) is 0 Å². The average Bonchev–Trinajstić information content (AvgIpc) is 3.11. The van der Waals surface area contributed by atoms with Gasteiger partial charge in [0.05, 0.1) is 5.69 Å². The first-order chi connectivity index (χ1) is 13.6. The first kappa shape index (κ1) is 18.4. The number of rotatable bonds is 5. The molecule has 1 aromatic heterocycles. The molecule has 9 heteroatoms. The molecule has 28 heavy (non-hydrogen) atoms. The number of carbonyl (C=O) groups excluding carboxylic acids is 2. The number of hydrogen-bond donors (Lipinski definition) is 1. The van der Waals surface area contributed by atoms with Gasteiger partial charge in [-0.2, -0.15) is 0 Å². The van der Waals surface area contributed by atoms with E-state index in [1.807, 2.05) is 30.3 Å². The van der Waals surface area contributed by atoms with Gasteiger partial charge in [-0.05, 0) is 23.8 Å². The predicted molar refractivity (Wildman–Crippen MR) is 107 cm³/mol. The van der Waals surface area contributed by atoms with Gasteiger partial charge in [-0.15, -0.1) is 10.2 Å². The van der Waals surface area contributed by atoms with E-state index < -0.39 is 0 Å². The fourth-order valence-corrected chi connectivity index (χ4v) is 3.75. The zero-order valence-corrected chi connectivity index (χ0v) is 16.2. The van der Waals surface area contributed by atoms with Crippen molar-refractivity contribution in [3.05, 3.63) is 64.1 Å². The van der Waals surface area contributed by atoms with E-state index in [0.29, 0.717) is 28.0 Å².